The molecule has 0 spiro atoms. The SMILES string of the molecule is CCCCCC(C)NC(=O)c1cc(S(=O)(=O)Cl)c[nH]1. The van der Waals surface area contributed by atoms with Crippen LogP contribution < -0.4 is 5.32 Å². The third-order valence-electron chi connectivity index (χ3n) is 2.80. The zero-order chi connectivity index (χ0) is 14.5. The van der Waals surface area contributed by atoms with Gasteiger partial charge in [0, 0.05) is 22.9 Å². The number of unbranched alkanes of at least 4 members (excludes halogenated alkanes) is 2. The first-order valence-corrected chi connectivity index (χ1v) is 8.59. The lowest BCUT2D eigenvalue weighted by molar-refractivity contribution is 0.0933. The molecule has 0 saturated heterocycles. The summed E-state index contributed by atoms with van der Waals surface area (Å²) in [5.74, 6) is -0.324. The standard InChI is InChI=1S/C12H19ClN2O3S/c1-3-4-5-6-9(2)15-12(16)11-7-10(8-14-11)19(13,17)18/h7-9,14H,3-6H2,1-2H3,(H,15,16). The number of hydrogen-bond donors (Lipinski definition) is 2. The lowest BCUT2D eigenvalue weighted by Gasteiger charge is -2.12. The van der Waals surface area contributed by atoms with Gasteiger partial charge in [-0.15, -0.1) is 0 Å². The van der Waals surface area contributed by atoms with Crippen LogP contribution in [0.25, 0.3) is 0 Å². The Kier molecular flexibility index (Phi) is 5.87. The summed E-state index contributed by atoms with van der Waals surface area (Å²) in [6, 6.07) is 1.29. The van der Waals surface area contributed by atoms with Crippen LogP contribution in [0.5, 0.6) is 0 Å². The topological polar surface area (TPSA) is 79.0 Å². The molecule has 0 aliphatic rings. The average Bonchev–Trinajstić information content (AvgIpc) is 2.78. The molecule has 0 aromatic carbocycles. The molecule has 0 aliphatic heterocycles. The number of H-pyrrole nitrogens is 1. The van der Waals surface area contributed by atoms with E-state index in [-0.39, 0.29) is 22.5 Å². The van der Waals surface area contributed by atoms with E-state index >= 15 is 0 Å². The number of carbonyl (C=O) groups excluding carboxylic acids is 1. The van der Waals surface area contributed by atoms with Crippen LogP contribution in [0.15, 0.2) is 17.2 Å². The van der Waals surface area contributed by atoms with Crippen molar-refractivity contribution in [2.75, 3.05) is 0 Å². The second-order valence-electron chi connectivity index (χ2n) is 4.56. The molecular formula is C12H19ClN2O3S. The Morgan fingerprint density at radius 2 is 2.16 bits per heavy atom. The molecule has 1 atom stereocenters. The summed E-state index contributed by atoms with van der Waals surface area (Å²) in [7, 11) is 1.39. The summed E-state index contributed by atoms with van der Waals surface area (Å²) in [5, 5.41) is 2.81. The predicted octanol–water partition coefficient (Wildman–Crippen LogP) is 2.64. The molecule has 1 unspecified atom stereocenters. The van der Waals surface area contributed by atoms with Gasteiger partial charge in [-0.3, -0.25) is 4.79 Å². The fourth-order valence-electron chi connectivity index (χ4n) is 1.72. The number of halogens is 1. The zero-order valence-electron chi connectivity index (χ0n) is 11.1. The first-order valence-electron chi connectivity index (χ1n) is 6.28. The first kappa shape index (κ1) is 16.0. The fourth-order valence-corrected chi connectivity index (χ4v) is 2.45. The van der Waals surface area contributed by atoms with E-state index in [0.717, 1.165) is 25.7 Å². The van der Waals surface area contributed by atoms with Crippen molar-refractivity contribution in [1.82, 2.24) is 10.3 Å². The van der Waals surface area contributed by atoms with Crippen LogP contribution in [0.4, 0.5) is 0 Å². The van der Waals surface area contributed by atoms with Gasteiger partial charge in [0.15, 0.2) is 0 Å². The maximum Gasteiger partial charge on any atom is 0.267 e. The molecule has 108 valence electrons. The molecule has 1 rings (SSSR count). The highest BCUT2D eigenvalue weighted by molar-refractivity contribution is 8.13. The summed E-state index contributed by atoms with van der Waals surface area (Å²) in [4.78, 5) is 14.4. The highest BCUT2D eigenvalue weighted by atomic mass is 35.7. The number of aromatic nitrogens is 1. The van der Waals surface area contributed by atoms with Crippen LogP contribution in [-0.2, 0) is 9.05 Å². The van der Waals surface area contributed by atoms with E-state index in [0.29, 0.717) is 0 Å². The van der Waals surface area contributed by atoms with E-state index in [9.17, 15) is 13.2 Å². The quantitative estimate of drug-likeness (QED) is 0.600. The molecule has 1 aromatic heterocycles. The van der Waals surface area contributed by atoms with Crippen molar-refractivity contribution in [3.8, 4) is 0 Å². The fraction of sp³-hybridized carbons (Fsp3) is 0.583. The molecule has 0 saturated carbocycles. The van der Waals surface area contributed by atoms with Gasteiger partial charge in [-0.1, -0.05) is 26.2 Å². The van der Waals surface area contributed by atoms with E-state index in [1.165, 1.54) is 12.3 Å². The number of hydrogen-bond acceptors (Lipinski definition) is 3. The minimum Gasteiger partial charge on any atom is -0.356 e. The molecule has 7 heteroatoms. The van der Waals surface area contributed by atoms with Gasteiger partial charge in [-0.2, -0.15) is 0 Å². The minimum absolute atomic E-state index is 0.0541. The number of rotatable bonds is 7. The van der Waals surface area contributed by atoms with Crippen molar-refractivity contribution in [3.63, 3.8) is 0 Å². The summed E-state index contributed by atoms with van der Waals surface area (Å²) in [6.45, 7) is 4.05. The summed E-state index contributed by atoms with van der Waals surface area (Å²) < 4.78 is 22.2. The molecule has 0 aliphatic carbocycles. The molecule has 1 heterocycles. The number of aromatic amines is 1. The number of amides is 1. The molecule has 1 amide bonds. The van der Waals surface area contributed by atoms with Crippen molar-refractivity contribution >= 4 is 25.6 Å². The summed E-state index contributed by atoms with van der Waals surface area (Å²) >= 11 is 0. The van der Waals surface area contributed by atoms with Gasteiger partial charge in [-0.25, -0.2) is 8.42 Å². The van der Waals surface area contributed by atoms with E-state index in [4.69, 9.17) is 10.7 Å². The normalized spacial score (nSPS) is 13.2. The third kappa shape index (κ3) is 5.24. The Labute approximate surface area is 118 Å². The van der Waals surface area contributed by atoms with E-state index < -0.39 is 9.05 Å². The Morgan fingerprint density at radius 3 is 2.68 bits per heavy atom. The van der Waals surface area contributed by atoms with Crippen molar-refractivity contribution in [3.05, 3.63) is 18.0 Å². The summed E-state index contributed by atoms with van der Waals surface area (Å²) in [5.41, 5.74) is 0.196. The molecule has 5 nitrogen and oxygen atoms in total. The predicted molar refractivity (Wildman–Crippen MR) is 74.9 cm³/mol. The smallest absolute Gasteiger partial charge is 0.267 e. The molecular weight excluding hydrogens is 288 g/mol. The highest BCUT2D eigenvalue weighted by Gasteiger charge is 2.16. The minimum atomic E-state index is -3.80. The van der Waals surface area contributed by atoms with Crippen molar-refractivity contribution in [1.29, 1.82) is 0 Å². The Morgan fingerprint density at radius 1 is 1.47 bits per heavy atom. The van der Waals surface area contributed by atoms with Gasteiger partial charge < -0.3 is 10.3 Å². The van der Waals surface area contributed by atoms with Crippen LogP contribution in [0.1, 0.15) is 50.0 Å². The van der Waals surface area contributed by atoms with Gasteiger partial charge in [-0.05, 0) is 19.4 Å². The first-order chi connectivity index (χ1) is 8.84. The van der Waals surface area contributed by atoms with Crippen molar-refractivity contribution in [2.24, 2.45) is 0 Å². The van der Waals surface area contributed by atoms with Crippen molar-refractivity contribution < 1.29 is 13.2 Å². The van der Waals surface area contributed by atoms with Gasteiger partial charge in [0.2, 0.25) is 0 Å². The maximum absolute atomic E-state index is 11.8. The maximum atomic E-state index is 11.8. The molecule has 1 aromatic rings. The molecule has 19 heavy (non-hydrogen) atoms. The van der Waals surface area contributed by atoms with Crippen molar-refractivity contribution in [2.45, 2.75) is 50.5 Å². The van der Waals surface area contributed by atoms with Gasteiger partial charge in [0.1, 0.15) is 10.6 Å². The van der Waals surface area contributed by atoms with Crippen LogP contribution in [0.2, 0.25) is 0 Å². The van der Waals surface area contributed by atoms with Crippen LogP contribution >= 0.6 is 10.7 Å². The number of carbonyl (C=O) groups is 1. The second-order valence-corrected chi connectivity index (χ2v) is 7.12. The van der Waals surface area contributed by atoms with E-state index in [2.05, 4.69) is 17.2 Å². The van der Waals surface area contributed by atoms with Crippen LogP contribution in [-0.4, -0.2) is 25.4 Å². The molecule has 0 radical (unpaired) electrons. The Bertz CT molecular complexity index is 525. The van der Waals surface area contributed by atoms with Gasteiger partial charge in [0.05, 0.1) is 0 Å². The lowest BCUT2D eigenvalue weighted by atomic mass is 10.1. The number of nitrogens with one attached hydrogen (secondary N) is 2. The Hall–Kier alpha value is -1.01. The van der Waals surface area contributed by atoms with E-state index in [1.54, 1.807) is 0 Å². The molecule has 2 N–H and O–H groups in total. The van der Waals surface area contributed by atoms with Crippen LogP contribution in [0.3, 0.4) is 0 Å². The summed E-state index contributed by atoms with van der Waals surface area (Å²) in [6.07, 6.45) is 5.44. The average molecular weight is 307 g/mol. The molecule has 0 fully saturated rings. The third-order valence-corrected chi connectivity index (χ3v) is 4.13. The second kappa shape index (κ2) is 6.96. The monoisotopic (exact) mass is 306 g/mol. The van der Waals surface area contributed by atoms with E-state index in [1.807, 2.05) is 6.92 Å². The van der Waals surface area contributed by atoms with Gasteiger partial charge >= 0.3 is 0 Å². The Balaban J connectivity index is 2.56. The van der Waals surface area contributed by atoms with Gasteiger partial charge in [0.25, 0.3) is 15.0 Å². The lowest BCUT2D eigenvalue weighted by Crippen LogP contribution is -2.32. The highest BCUT2D eigenvalue weighted by Crippen LogP contribution is 2.15. The largest absolute Gasteiger partial charge is 0.356 e. The zero-order valence-corrected chi connectivity index (χ0v) is 12.6. The van der Waals surface area contributed by atoms with Crippen LogP contribution in [0, 0.1) is 0 Å². The molecule has 0 bridgehead atoms.